The summed E-state index contributed by atoms with van der Waals surface area (Å²) in [5.41, 5.74) is 0. The van der Waals surface area contributed by atoms with E-state index >= 15 is 0 Å². The van der Waals surface area contributed by atoms with Crippen LogP contribution >= 0.6 is 11.6 Å². The lowest BCUT2D eigenvalue weighted by Crippen LogP contribution is -2.38. The van der Waals surface area contributed by atoms with Gasteiger partial charge in [-0.15, -0.1) is 11.6 Å². The van der Waals surface area contributed by atoms with Gasteiger partial charge in [-0.2, -0.15) is 0 Å². The molecule has 0 rings (SSSR count). The fourth-order valence-electron chi connectivity index (χ4n) is 6.99. The number of halogens is 1. The van der Waals surface area contributed by atoms with Gasteiger partial charge in [0.15, 0.2) is 0 Å². The molecule has 6 heteroatoms. The average Bonchev–Trinajstić information content (AvgIpc) is 3.13. The first kappa shape index (κ1) is 50.6. The van der Waals surface area contributed by atoms with Crippen molar-refractivity contribution in [2.45, 2.75) is 226 Å². The number of hydrogen-bond donors (Lipinski definition) is 0. The van der Waals surface area contributed by atoms with E-state index in [0.717, 1.165) is 65.0 Å². The van der Waals surface area contributed by atoms with Crippen molar-refractivity contribution < 1.29 is 19.0 Å². The first-order chi connectivity index (χ1) is 25.1. The second kappa shape index (κ2) is 42.4. The van der Waals surface area contributed by atoms with Crippen LogP contribution in [0.15, 0.2) is 0 Å². The van der Waals surface area contributed by atoms with E-state index in [9.17, 15) is 4.79 Å². The zero-order chi connectivity index (χ0) is 37.3. The average molecular weight is 745 g/mol. The summed E-state index contributed by atoms with van der Waals surface area (Å²) in [4.78, 5) is 15.1. The van der Waals surface area contributed by atoms with Gasteiger partial charge >= 0.3 is 5.97 Å². The molecule has 0 aromatic heterocycles. The number of esters is 1. The lowest BCUT2D eigenvalue weighted by Gasteiger charge is -2.27. The van der Waals surface area contributed by atoms with E-state index in [1.165, 1.54) is 154 Å². The van der Waals surface area contributed by atoms with Crippen molar-refractivity contribution in [1.82, 2.24) is 4.90 Å². The van der Waals surface area contributed by atoms with Crippen LogP contribution in [0.1, 0.15) is 220 Å². The summed E-state index contributed by atoms with van der Waals surface area (Å²) in [6.07, 6.45) is 37.4. The highest BCUT2D eigenvalue weighted by Crippen LogP contribution is 2.20. The van der Waals surface area contributed by atoms with E-state index in [0.29, 0.717) is 31.4 Å². The highest BCUT2D eigenvalue weighted by molar-refractivity contribution is 6.18. The predicted molar refractivity (Wildman–Crippen MR) is 223 cm³/mol. The van der Waals surface area contributed by atoms with Gasteiger partial charge in [-0.3, -0.25) is 9.69 Å². The molecule has 0 aromatic carbocycles. The Labute approximate surface area is 324 Å². The summed E-state index contributed by atoms with van der Waals surface area (Å²) in [5, 5.41) is 0. The second-order valence-electron chi connectivity index (χ2n) is 15.6. The molecule has 306 valence electrons. The molecular weight excluding hydrogens is 654 g/mol. The summed E-state index contributed by atoms with van der Waals surface area (Å²) in [7, 11) is 0. The van der Waals surface area contributed by atoms with Crippen molar-refractivity contribution in [2.75, 3.05) is 51.9 Å². The minimum atomic E-state index is -0.00906. The first-order valence-corrected chi connectivity index (χ1v) is 23.3. The molecule has 0 spiro atoms. The molecule has 0 N–H and O–H groups in total. The number of rotatable bonds is 43. The number of ether oxygens (including phenoxy) is 3. The molecule has 0 aliphatic carbocycles. The van der Waals surface area contributed by atoms with E-state index in [4.69, 9.17) is 25.8 Å². The Morgan fingerprint density at radius 1 is 0.529 bits per heavy atom. The molecule has 2 unspecified atom stereocenters. The van der Waals surface area contributed by atoms with E-state index in [1.807, 2.05) is 0 Å². The number of carbonyl (C=O) groups excluding carboxylic acids is 1. The maximum atomic E-state index is 12.7. The topological polar surface area (TPSA) is 48.0 Å². The molecule has 0 bridgehead atoms. The molecule has 0 saturated carbocycles. The third-order valence-electron chi connectivity index (χ3n) is 10.4. The Kier molecular flexibility index (Phi) is 42.1. The van der Waals surface area contributed by atoms with Crippen molar-refractivity contribution in [3.05, 3.63) is 0 Å². The van der Waals surface area contributed by atoms with Crippen LogP contribution in [0, 0.1) is 5.92 Å². The van der Waals surface area contributed by atoms with Gasteiger partial charge in [-0.1, -0.05) is 175 Å². The third-order valence-corrected chi connectivity index (χ3v) is 10.6. The molecule has 0 amide bonds. The van der Waals surface area contributed by atoms with E-state index in [1.54, 1.807) is 0 Å². The van der Waals surface area contributed by atoms with Crippen molar-refractivity contribution in [3.63, 3.8) is 0 Å². The molecule has 0 radical (unpaired) electrons. The molecule has 2 atom stereocenters. The molecule has 0 heterocycles. The minimum absolute atomic E-state index is 0.00906. The number of alkyl halides is 1. The largest absolute Gasteiger partial charge is 0.465 e. The highest BCUT2D eigenvalue weighted by atomic mass is 35.5. The fourth-order valence-corrected chi connectivity index (χ4v) is 7.23. The van der Waals surface area contributed by atoms with Crippen LogP contribution < -0.4 is 0 Å². The lowest BCUT2D eigenvalue weighted by atomic mass is 9.95. The molecule has 5 nitrogen and oxygen atoms in total. The number of unbranched alkanes of at least 4 members (excludes halogenated alkanes) is 22. The number of hydrogen-bond acceptors (Lipinski definition) is 5. The predicted octanol–water partition coefficient (Wildman–Crippen LogP) is 13.9. The second-order valence-corrected chi connectivity index (χ2v) is 15.9. The summed E-state index contributed by atoms with van der Waals surface area (Å²) in [6.45, 7) is 14.7. The third kappa shape index (κ3) is 37.7. The molecular formula is C45H90ClNO4. The minimum Gasteiger partial charge on any atom is -0.465 e. The summed E-state index contributed by atoms with van der Waals surface area (Å²) in [6, 6.07) is 0. The zero-order valence-corrected chi connectivity index (χ0v) is 35.7. The van der Waals surface area contributed by atoms with Crippen LogP contribution in [0.25, 0.3) is 0 Å². The summed E-state index contributed by atoms with van der Waals surface area (Å²) >= 11 is 6.24. The molecule has 0 aromatic rings. The summed E-state index contributed by atoms with van der Waals surface area (Å²) < 4.78 is 18.4. The van der Waals surface area contributed by atoms with Gasteiger partial charge in [0.25, 0.3) is 0 Å². The van der Waals surface area contributed by atoms with Crippen LogP contribution in [-0.2, 0) is 19.0 Å². The monoisotopic (exact) mass is 744 g/mol. The van der Waals surface area contributed by atoms with Gasteiger partial charge in [-0.05, 0) is 51.0 Å². The van der Waals surface area contributed by atoms with Gasteiger partial charge in [0.2, 0.25) is 0 Å². The fraction of sp³-hybridized carbons (Fsp3) is 0.978. The molecule has 0 saturated heterocycles. The Hall–Kier alpha value is -0.360. The molecule has 0 aliphatic heterocycles. The van der Waals surface area contributed by atoms with Gasteiger partial charge in [0, 0.05) is 38.6 Å². The van der Waals surface area contributed by atoms with Gasteiger partial charge in [0.1, 0.15) is 0 Å². The van der Waals surface area contributed by atoms with Crippen molar-refractivity contribution >= 4 is 17.6 Å². The maximum absolute atomic E-state index is 12.7. The smallest absolute Gasteiger partial charge is 0.305 e. The SMILES string of the molecule is CCCCCCCCCCCCOCC(CN(CCCl)CCCCCC(=O)OCC(CCCCCC)CCCCCCCC)OCCCCCC. The van der Waals surface area contributed by atoms with Gasteiger partial charge in [0.05, 0.1) is 19.3 Å². The Morgan fingerprint density at radius 2 is 1.00 bits per heavy atom. The first-order valence-electron chi connectivity index (χ1n) is 22.7. The van der Waals surface area contributed by atoms with Crippen LogP contribution in [0.4, 0.5) is 0 Å². The number of nitrogens with zero attached hydrogens (tertiary/aromatic N) is 1. The van der Waals surface area contributed by atoms with E-state index in [-0.39, 0.29) is 12.1 Å². The van der Waals surface area contributed by atoms with Crippen LogP contribution in [0.2, 0.25) is 0 Å². The maximum Gasteiger partial charge on any atom is 0.305 e. The standard InChI is InChI=1S/C45H90ClNO4/c1-5-9-13-17-19-20-21-22-24-30-38-49-42-44(50-39-31-16-12-8-4)40-47(37-35-46)36-29-25-28-34-45(48)51-41-43(32-26-15-11-7-3)33-27-23-18-14-10-6-2/h43-44H,5-42H2,1-4H3. The molecule has 0 fully saturated rings. The van der Waals surface area contributed by atoms with Gasteiger partial charge < -0.3 is 14.2 Å². The normalized spacial score (nSPS) is 12.9. The van der Waals surface area contributed by atoms with Crippen molar-refractivity contribution in [3.8, 4) is 0 Å². The van der Waals surface area contributed by atoms with Crippen molar-refractivity contribution in [2.24, 2.45) is 5.92 Å². The van der Waals surface area contributed by atoms with E-state index < -0.39 is 0 Å². The number of carbonyl (C=O) groups is 1. The van der Waals surface area contributed by atoms with Gasteiger partial charge in [-0.25, -0.2) is 0 Å². The highest BCUT2D eigenvalue weighted by Gasteiger charge is 2.16. The lowest BCUT2D eigenvalue weighted by molar-refractivity contribution is -0.145. The van der Waals surface area contributed by atoms with Crippen LogP contribution in [0.3, 0.4) is 0 Å². The Balaban J connectivity index is 4.47. The zero-order valence-electron chi connectivity index (χ0n) is 35.0. The van der Waals surface area contributed by atoms with Crippen molar-refractivity contribution in [1.29, 1.82) is 0 Å². The van der Waals surface area contributed by atoms with Crippen LogP contribution in [-0.4, -0.2) is 68.9 Å². The Bertz CT molecular complexity index is 681. The van der Waals surface area contributed by atoms with Crippen LogP contribution in [0.5, 0.6) is 0 Å². The van der Waals surface area contributed by atoms with E-state index in [2.05, 4.69) is 32.6 Å². The molecule has 51 heavy (non-hydrogen) atoms. The summed E-state index contributed by atoms with van der Waals surface area (Å²) in [5.74, 6) is 1.14. The quantitative estimate of drug-likeness (QED) is 0.0353. The molecule has 0 aliphatic rings. The Morgan fingerprint density at radius 3 is 1.57 bits per heavy atom.